The molecular weight excluding hydrogens is 205 g/mol. The first-order valence-electron chi connectivity index (χ1n) is 4.90. The van der Waals surface area contributed by atoms with Crippen LogP contribution in [0.1, 0.15) is 5.56 Å². The molecule has 0 aliphatic carbocycles. The number of rotatable bonds is 2. The largest absolute Gasteiger partial charge is 0.384 e. The Morgan fingerprint density at radius 3 is 2.62 bits per heavy atom. The van der Waals surface area contributed by atoms with Crippen molar-refractivity contribution in [1.29, 1.82) is 0 Å². The number of anilines is 3. The number of pyridine rings is 1. The highest BCUT2D eigenvalue weighted by atomic mass is 19.1. The van der Waals surface area contributed by atoms with Crippen LogP contribution in [0.5, 0.6) is 0 Å². The molecule has 1 aromatic heterocycles. The highest BCUT2D eigenvalue weighted by molar-refractivity contribution is 5.61. The number of nitrogens with two attached hydrogens (primary N) is 1. The van der Waals surface area contributed by atoms with Gasteiger partial charge in [-0.2, -0.15) is 0 Å². The van der Waals surface area contributed by atoms with Gasteiger partial charge in [0.2, 0.25) is 0 Å². The van der Waals surface area contributed by atoms with Gasteiger partial charge in [0, 0.05) is 23.6 Å². The first-order chi connectivity index (χ1) is 7.65. The van der Waals surface area contributed by atoms with Gasteiger partial charge < -0.3 is 11.1 Å². The fourth-order valence-corrected chi connectivity index (χ4v) is 1.36. The minimum atomic E-state index is -0.230. The van der Waals surface area contributed by atoms with Crippen LogP contribution in [0, 0.1) is 12.7 Å². The zero-order chi connectivity index (χ0) is 11.5. The molecule has 0 unspecified atom stereocenters. The summed E-state index contributed by atoms with van der Waals surface area (Å²) in [5, 5.41) is 3.05. The predicted molar refractivity (Wildman–Crippen MR) is 63.1 cm³/mol. The number of halogens is 1. The van der Waals surface area contributed by atoms with Gasteiger partial charge in [0.25, 0.3) is 0 Å². The topological polar surface area (TPSA) is 50.9 Å². The Bertz CT molecular complexity index is 511. The predicted octanol–water partition coefficient (Wildman–Crippen LogP) is 2.85. The van der Waals surface area contributed by atoms with Crippen molar-refractivity contribution in [3.8, 4) is 0 Å². The Balaban J connectivity index is 2.24. The molecule has 1 aromatic carbocycles. The van der Waals surface area contributed by atoms with E-state index < -0.39 is 0 Å². The van der Waals surface area contributed by atoms with Gasteiger partial charge in [-0.05, 0) is 30.7 Å². The summed E-state index contributed by atoms with van der Waals surface area (Å²) in [4.78, 5) is 3.88. The van der Waals surface area contributed by atoms with Crippen LogP contribution in [-0.2, 0) is 0 Å². The summed E-state index contributed by atoms with van der Waals surface area (Å²) in [6.45, 7) is 1.73. The molecule has 0 radical (unpaired) electrons. The SMILES string of the molecule is Cc1ccc(Nc2ccnc(N)c2)cc1F. The van der Waals surface area contributed by atoms with Crippen LogP contribution in [0.4, 0.5) is 21.6 Å². The fraction of sp³-hybridized carbons (Fsp3) is 0.0833. The maximum absolute atomic E-state index is 13.3. The third-order valence-electron chi connectivity index (χ3n) is 2.24. The number of hydrogen-bond donors (Lipinski definition) is 2. The lowest BCUT2D eigenvalue weighted by Crippen LogP contribution is -1.95. The third kappa shape index (κ3) is 2.28. The van der Waals surface area contributed by atoms with E-state index in [4.69, 9.17) is 5.73 Å². The second-order valence-corrected chi connectivity index (χ2v) is 3.56. The number of nitrogens with zero attached hydrogens (tertiary/aromatic N) is 1. The van der Waals surface area contributed by atoms with Crippen molar-refractivity contribution in [3.05, 3.63) is 47.9 Å². The van der Waals surface area contributed by atoms with Crippen molar-refractivity contribution >= 4 is 17.2 Å². The van der Waals surface area contributed by atoms with Crippen LogP contribution in [0.3, 0.4) is 0 Å². The van der Waals surface area contributed by atoms with E-state index in [1.54, 1.807) is 31.3 Å². The second-order valence-electron chi connectivity index (χ2n) is 3.56. The monoisotopic (exact) mass is 217 g/mol. The molecular formula is C12H12FN3. The molecule has 82 valence electrons. The summed E-state index contributed by atoms with van der Waals surface area (Å²) in [5.74, 6) is 0.199. The Labute approximate surface area is 93.1 Å². The smallest absolute Gasteiger partial charge is 0.128 e. The lowest BCUT2D eigenvalue weighted by Gasteiger charge is -2.07. The summed E-state index contributed by atoms with van der Waals surface area (Å²) in [6.07, 6.45) is 1.60. The highest BCUT2D eigenvalue weighted by Crippen LogP contribution is 2.19. The number of hydrogen-bond acceptors (Lipinski definition) is 3. The summed E-state index contributed by atoms with van der Waals surface area (Å²) >= 11 is 0. The van der Waals surface area contributed by atoms with Gasteiger partial charge in [-0.15, -0.1) is 0 Å². The van der Waals surface area contributed by atoms with Crippen LogP contribution in [0.2, 0.25) is 0 Å². The van der Waals surface area contributed by atoms with E-state index in [1.807, 2.05) is 6.07 Å². The zero-order valence-corrected chi connectivity index (χ0v) is 8.87. The Hall–Kier alpha value is -2.10. The minimum absolute atomic E-state index is 0.230. The molecule has 3 N–H and O–H groups in total. The molecule has 4 heteroatoms. The molecule has 0 amide bonds. The molecule has 0 spiro atoms. The molecule has 16 heavy (non-hydrogen) atoms. The van der Waals surface area contributed by atoms with Crippen molar-refractivity contribution in [2.45, 2.75) is 6.92 Å². The zero-order valence-electron chi connectivity index (χ0n) is 8.87. The number of benzene rings is 1. The maximum atomic E-state index is 13.3. The van der Waals surface area contributed by atoms with Crippen LogP contribution >= 0.6 is 0 Å². The Morgan fingerprint density at radius 1 is 1.19 bits per heavy atom. The lowest BCUT2D eigenvalue weighted by molar-refractivity contribution is 0.619. The molecule has 0 saturated carbocycles. The van der Waals surface area contributed by atoms with Gasteiger partial charge in [0.15, 0.2) is 0 Å². The number of aryl methyl sites for hydroxylation is 1. The Morgan fingerprint density at radius 2 is 1.94 bits per heavy atom. The quantitative estimate of drug-likeness (QED) is 0.813. The fourth-order valence-electron chi connectivity index (χ4n) is 1.36. The van der Waals surface area contributed by atoms with E-state index in [9.17, 15) is 4.39 Å². The van der Waals surface area contributed by atoms with Crippen LogP contribution < -0.4 is 11.1 Å². The molecule has 0 bridgehead atoms. The molecule has 2 rings (SSSR count). The first-order valence-corrected chi connectivity index (χ1v) is 4.90. The van der Waals surface area contributed by atoms with Gasteiger partial charge in [0.1, 0.15) is 11.6 Å². The molecule has 0 atom stereocenters. The van der Waals surface area contributed by atoms with E-state index in [-0.39, 0.29) is 5.82 Å². The van der Waals surface area contributed by atoms with Crippen molar-refractivity contribution in [2.24, 2.45) is 0 Å². The molecule has 1 heterocycles. The summed E-state index contributed by atoms with van der Waals surface area (Å²) in [5.41, 5.74) is 7.64. The van der Waals surface area contributed by atoms with Gasteiger partial charge in [0.05, 0.1) is 0 Å². The number of nitrogen functional groups attached to an aromatic ring is 1. The van der Waals surface area contributed by atoms with Crippen LogP contribution in [0.15, 0.2) is 36.5 Å². The summed E-state index contributed by atoms with van der Waals surface area (Å²) in [6, 6.07) is 8.45. The van der Waals surface area contributed by atoms with Crippen molar-refractivity contribution < 1.29 is 4.39 Å². The number of nitrogens with one attached hydrogen (secondary N) is 1. The average Bonchev–Trinajstić information content (AvgIpc) is 2.24. The van der Waals surface area contributed by atoms with E-state index in [0.717, 1.165) is 5.69 Å². The molecule has 0 aliphatic heterocycles. The van der Waals surface area contributed by atoms with Crippen molar-refractivity contribution in [3.63, 3.8) is 0 Å². The van der Waals surface area contributed by atoms with Crippen LogP contribution in [0.25, 0.3) is 0 Å². The molecule has 3 nitrogen and oxygen atoms in total. The maximum Gasteiger partial charge on any atom is 0.128 e. The molecule has 0 saturated heterocycles. The van der Waals surface area contributed by atoms with Gasteiger partial charge in [-0.3, -0.25) is 0 Å². The van der Waals surface area contributed by atoms with Gasteiger partial charge >= 0.3 is 0 Å². The van der Waals surface area contributed by atoms with Crippen molar-refractivity contribution in [1.82, 2.24) is 4.98 Å². The first kappa shape index (κ1) is 10.4. The van der Waals surface area contributed by atoms with E-state index in [1.165, 1.54) is 6.07 Å². The van der Waals surface area contributed by atoms with Crippen LogP contribution in [-0.4, -0.2) is 4.98 Å². The standard InChI is InChI=1S/C12H12FN3/c1-8-2-3-9(6-11(8)13)16-10-4-5-15-12(14)7-10/h2-7H,1H3,(H3,14,15,16). The summed E-state index contributed by atoms with van der Waals surface area (Å²) < 4.78 is 13.3. The average molecular weight is 217 g/mol. The molecule has 0 aliphatic rings. The normalized spacial score (nSPS) is 10.1. The second kappa shape index (κ2) is 4.18. The van der Waals surface area contributed by atoms with E-state index >= 15 is 0 Å². The van der Waals surface area contributed by atoms with Gasteiger partial charge in [-0.1, -0.05) is 6.07 Å². The lowest BCUT2D eigenvalue weighted by atomic mass is 10.2. The minimum Gasteiger partial charge on any atom is -0.384 e. The van der Waals surface area contributed by atoms with E-state index in [2.05, 4.69) is 10.3 Å². The van der Waals surface area contributed by atoms with Crippen molar-refractivity contribution in [2.75, 3.05) is 11.1 Å². The molecule has 0 fully saturated rings. The summed E-state index contributed by atoms with van der Waals surface area (Å²) in [7, 11) is 0. The number of aromatic nitrogens is 1. The van der Waals surface area contributed by atoms with E-state index in [0.29, 0.717) is 17.1 Å². The van der Waals surface area contributed by atoms with Gasteiger partial charge in [-0.25, -0.2) is 9.37 Å². The Kier molecular flexibility index (Phi) is 2.72. The molecule has 2 aromatic rings. The third-order valence-corrected chi connectivity index (χ3v) is 2.24. The highest BCUT2D eigenvalue weighted by Gasteiger charge is 2.00.